The van der Waals surface area contributed by atoms with Crippen LogP contribution in [0.15, 0.2) is 12.1 Å². The molecule has 2 nitrogen and oxygen atoms in total. The van der Waals surface area contributed by atoms with Gasteiger partial charge in [0.25, 0.3) is 5.92 Å². The summed E-state index contributed by atoms with van der Waals surface area (Å²) >= 11 is 0. The number of hydrogen-bond donors (Lipinski definition) is 0. The predicted molar refractivity (Wildman–Crippen MR) is 99.7 cm³/mol. The first-order chi connectivity index (χ1) is 13.3. The first-order valence-corrected chi connectivity index (χ1v) is 10.4. The highest BCUT2D eigenvalue weighted by Gasteiger charge is 2.64. The molecule has 0 radical (unpaired) electrons. The van der Waals surface area contributed by atoms with Crippen LogP contribution in [0.3, 0.4) is 0 Å². The molecule has 0 amide bonds. The molecule has 1 aromatic carbocycles. The summed E-state index contributed by atoms with van der Waals surface area (Å²) < 4.78 is 69.2. The summed E-state index contributed by atoms with van der Waals surface area (Å²) in [6.07, 6.45) is 5.02. The predicted octanol–water partition coefficient (Wildman–Crippen LogP) is 6.80. The lowest BCUT2D eigenvalue weighted by Gasteiger charge is -2.57. The fourth-order valence-electron chi connectivity index (χ4n) is 4.84. The highest BCUT2D eigenvalue weighted by Crippen LogP contribution is 2.63. The molecule has 0 atom stereocenters. The molecule has 0 aromatic heterocycles. The van der Waals surface area contributed by atoms with E-state index in [0.29, 0.717) is 32.1 Å². The third-order valence-corrected chi connectivity index (χ3v) is 6.66. The van der Waals surface area contributed by atoms with Crippen molar-refractivity contribution < 1.29 is 27.0 Å². The van der Waals surface area contributed by atoms with Crippen molar-refractivity contribution >= 4 is 0 Å². The molecule has 0 saturated heterocycles. The normalized spacial score (nSPS) is 28.5. The Morgan fingerprint density at radius 2 is 1.68 bits per heavy atom. The Morgan fingerprint density at radius 3 is 2.29 bits per heavy atom. The minimum Gasteiger partial charge on any atom is -0.491 e. The maximum Gasteiger partial charge on any atom is 0.256 e. The fraction of sp³-hybridized carbons (Fsp3) is 0.727. The van der Waals surface area contributed by atoms with Gasteiger partial charge in [0, 0.05) is 17.4 Å². The van der Waals surface area contributed by atoms with Crippen LogP contribution in [0.5, 0.6) is 5.75 Å². The molecular weight excluding hydrogens is 372 g/mol. The Balaban J connectivity index is 1.68. The molecule has 3 fully saturated rings. The van der Waals surface area contributed by atoms with Crippen LogP contribution < -0.4 is 4.74 Å². The standard InChI is InChI=1S/C22H30F4O2/c1-3-5-6-9-20-10-12-21(13-11-20,15-22(20,25)26)28-14-16-7-8-17(27-4-2)19(24)18(16)23/h7-8H,3-6,9-15H2,1-2H3. The number of alkyl halides is 2. The van der Waals surface area contributed by atoms with Crippen LogP contribution in [-0.2, 0) is 11.3 Å². The summed E-state index contributed by atoms with van der Waals surface area (Å²) in [5, 5.41) is 0. The van der Waals surface area contributed by atoms with E-state index in [1.165, 1.54) is 12.1 Å². The van der Waals surface area contributed by atoms with Gasteiger partial charge < -0.3 is 9.47 Å². The molecule has 4 rings (SSSR count). The van der Waals surface area contributed by atoms with Gasteiger partial charge >= 0.3 is 0 Å². The van der Waals surface area contributed by atoms with E-state index in [0.717, 1.165) is 19.3 Å². The smallest absolute Gasteiger partial charge is 0.256 e. The maximum absolute atomic E-state index is 15.0. The van der Waals surface area contributed by atoms with Crippen molar-refractivity contribution in [3.05, 3.63) is 29.3 Å². The number of unbranched alkanes of at least 4 members (excludes halogenated alkanes) is 2. The first kappa shape index (κ1) is 21.4. The molecule has 6 heteroatoms. The lowest BCUT2D eigenvalue weighted by molar-refractivity contribution is -0.262. The van der Waals surface area contributed by atoms with Gasteiger partial charge in [-0.3, -0.25) is 0 Å². The van der Waals surface area contributed by atoms with Gasteiger partial charge in [-0.05, 0) is 51.2 Å². The van der Waals surface area contributed by atoms with E-state index < -0.39 is 28.6 Å². The van der Waals surface area contributed by atoms with Gasteiger partial charge in [0.1, 0.15) is 0 Å². The van der Waals surface area contributed by atoms with Gasteiger partial charge in [-0.1, -0.05) is 26.2 Å². The molecule has 0 N–H and O–H groups in total. The molecule has 2 bridgehead atoms. The minimum absolute atomic E-state index is 0.0315. The van der Waals surface area contributed by atoms with Crippen molar-refractivity contribution in [3.63, 3.8) is 0 Å². The summed E-state index contributed by atoms with van der Waals surface area (Å²) in [6.45, 7) is 3.76. The quantitative estimate of drug-likeness (QED) is 0.334. The van der Waals surface area contributed by atoms with Crippen molar-refractivity contribution in [2.24, 2.45) is 5.41 Å². The Hall–Kier alpha value is -1.30. The summed E-state index contributed by atoms with van der Waals surface area (Å²) in [5.41, 5.74) is -1.83. The van der Waals surface area contributed by atoms with Crippen LogP contribution >= 0.6 is 0 Å². The molecule has 28 heavy (non-hydrogen) atoms. The largest absolute Gasteiger partial charge is 0.491 e. The van der Waals surface area contributed by atoms with E-state index in [1.54, 1.807) is 6.92 Å². The third-order valence-electron chi connectivity index (χ3n) is 6.66. The zero-order chi connectivity index (χ0) is 20.4. The van der Waals surface area contributed by atoms with E-state index in [9.17, 15) is 8.78 Å². The molecule has 0 aliphatic heterocycles. The number of rotatable bonds is 9. The Morgan fingerprint density at radius 1 is 0.964 bits per heavy atom. The lowest BCUT2D eigenvalue weighted by atomic mass is 9.54. The number of benzene rings is 1. The van der Waals surface area contributed by atoms with E-state index in [4.69, 9.17) is 9.47 Å². The average Bonchev–Trinajstić information content (AvgIpc) is 2.66. The average molecular weight is 402 g/mol. The van der Waals surface area contributed by atoms with E-state index in [-0.39, 0.29) is 30.9 Å². The second-order valence-corrected chi connectivity index (χ2v) is 8.37. The van der Waals surface area contributed by atoms with Crippen molar-refractivity contribution in [1.29, 1.82) is 0 Å². The van der Waals surface area contributed by atoms with Crippen molar-refractivity contribution in [1.82, 2.24) is 0 Å². The SMILES string of the molecule is CCCCCC12CCC(OCc3ccc(OCC)c(F)c3F)(CC1)CC2(F)F. The highest BCUT2D eigenvalue weighted by molar-refractivity contribution is 5.31. The van der Waals surface area contributed by atoms with Crippen LogP contribution in [0.25, 0.3) is 0 Å². The second kappa shape index (κ2) is 8.21. The van der Waals surface area contributed by atoms with Gasteiger partial charge in [-0.15, -0.1) is 0 Å². The van der Waals surface area contributed by atoms with Crippen LogP contribution in [0.4, 0.5) is 17.6 Å². The van der Waals surface area contributed by atoms with Crippen LogP contribution in [0.2, 0.25) is 0 Å². The summed E-state index contributed by atoms with van der Waals surface area (Å²) in [7, 11) is 0. The molecule has 158 valence electrons. The minimum atomic E-state index is -2.78. The molecule has 3 saturated carbocycles. The van der Waals surface area contributed by atoms with E-state index in [1.807, 2.05) is 0 Å². The molecule has 3 aliphatic rings. The zero-order valence-electron chi connectivity index (χ0n) is 16.8. The van der Waals surface area contributed by atoms with Crippen LogP contribution in [-0.4, -0.2) is 18.1 Å². The third kappa shape index (κ3) is 3.89. The molecular formula is C22H30F4O2. The van der Waals surface area contributed by atoms with Gasteiger partial charge in [0.05, 0.1) is 18.8 Å². The summed E-state index contributed by atoms with van der Waals surface area (Å²) in [4.78, 5) is 0. The van der Waals surface area contributed by atoms with Crippen LogP contribution in [0.1, 0.15) is 77.2 Å². The number of ether oxygens (including phenoxy) is 2. The lowest BCUT2D eigenvalue weighted by Crippen LogP contribution is -2.59. The topological polar surface area (TPSA) is 18.5 Å². The van der Waals surface area contributed by atoms with Gasteiger partial charge in [-0.25, -0.2) is 13.2 Å². The Bertz CT molecular complexity index is 681. The number of hydrogen-bond acceptors (Lipinski definition) is 2. The second-order valence-electron chi connectivity index (χ2n) is 8.37. The first-order valence-electron chi connectivity index (χ1n) is 10.4. The zero-order valence-corrected chi connectivity index (χ0v) is 16.8. The molecule has 1 aromatic rings. The van der Waals surface area contributed by atoms with E-state index >= 15 is 8.78 Å². The van der Waals surface area contributed by atoms with Crippen LogP contribution in [0, 0.1) is 17.0 Å². The molecule has 0 unspecified atom stereocenters. The Labute approximate surface area is 164 Å². The highest BCUT2D eigenvalue weighted by atomic mass is 19.3. The van der Waals surface area contributed by atoms with Crippen molar-refractivity contribution in [2.45, 2.75) is 89.8 Å². The molecule has 0 spiro atoms. The molecule has 0 heterocycles. The maximum atomic E-state index is 15.0. The van der Waals surface area contributed by atoms with Gasteiger partial charge in [0.2, 0.25) is 5.82 Å². The van der Waals surface area contributed by atoms with Crippen molar-refractivity contribution in [2.75, 3.05) is 6.61 Å². The van der Waals surface area contributed by atoms with E-state index in [2.05, 4.69) is 6.92 Å². The van der Waals surface area contributed by atoms with Crippen molar-refractivity contribution in [3.8, 4) is 5.75 Å². The fourth-order valence-corrected chi connectivity index (χ4v) is 4.84. The molecule has 3 aliphatic carbocycles. The monoisotopic (exact) mass is 402 g/mol. The van der Waals surface area contributed by atoms with Gasteiger partial charge in [0.15, 0.2) is 11.6 Å². The van der Waals surface area contributed by atoms with Gasteiger partial charge in [-0.2, -0.15) is 4.39 Å². The summed E-state index contributed by atoms with van der Waals surface area (Å²) in [6, 6.07) is 2.76. The number of fused-ring (bicyclic) bond motifs is 3. The number of halogens is 4. The Kier molecular flexibility index (Phi) is 6.28. The summed E-state index contributed by atoms with van der Waals surface area (Å²) in [5.74, 6) is -5.02.